The average Bonchev–Trinajstić information content (AvgIpc) is 2.37. The molecule has 0 N–H and O–H groups in total. The van der Waals surface area contributed by atoms with E-state index in [4.69, 9.17) is 14.2 Å². The van der Waals surface area contributed by atoms with Gasteiger partial charge in [-0.05, 0) is 31.4 Å². The lowest BCUT2D eigenvalue weighted by molar-refractivity contribution is -0.152. The van der Waals surface area contributed by atoms with Crippen molar-refractivity contribution in [2.75, 3.05) is 13.7 Å². The van der Waals surface area contributed by atoms with Gasteiger partial charge in [-0.25, -0.2) is 4.79 Å². The van der Waals surface area contributed by atoms with Crippen molar-refractivity contribution in [1.29, 1.82) is 0 Å². The van der Waals surface area contributed by atoms with Crippen LogP contribution in [-0.2, 0) is 16.0 Å². The summed E-state index contributed by atoms with van der Waals surface area (Å²) in [5.74, 6) is 1.03. The molecule has 4 heteroatoms. The second-order valence-corrected chi connectivity index (χ2v) is 3.85. The minimum Gasteiger partial charge on any atom is -0.493 e. The smallest absolute Gasteiger partial charge is 0.347 e. The predicted molar refractivity (Wildman–Crippen MR) is 62.4 cm³/mol. The molecular formula is C13H16O4. The zero-order valence-electron chi connectivity index (χ0n) is 10.1. The van der Waals surface area contributed by atoms with Gasteiger partial charge >= 0.3 is 5.97 Å². The van der Waals surface area contributed by atoms with E-state index in [1.54, 1.807) is 14.0 Å². The Bertz CT molecular complexity index is 400. The molecule has 1 heterocycles. The molecule has 0 spiro atoms. The molecule has 0 aromatic heterocycles. The fraction of sp³-hybridized carbons (Fsp3) is 0.462. The molecular weight excluding hydrogens is 220 g/mol. The summed E-state index contributed by atoms with van der Waals surface area (Å²) in [7, 11) is 1.59. The highest BCUT2D eigenvalue weighted by atomic mass is 16.6. The highest BCUT2D eigenvalue weighted by Crippen LogP contribution is 2.36. The van der Waals surface area contributed by atoms with Gasteiger partial charge in [0.2, 0.25) is 0 Å². The third kappa shape index (κ3) is 2.35. The molecule has 0 fully saturated rings. The summed E-state index contributed by atoms with van der Waals surface area (Å²) in [4.78, 5) is 11.6. The highest BCUT2D eigenvalue weighted by Gasteiger charge is 2.28. The van der Waals surface area contributed by atoms with Gasteiger partial charge in [0.15, 0.2) is 17.6 Å². The van der Waals surface area contributed by atoms with E-state index in [2.05, 4.69) is 0 Å². The van der Waals surface area contributed by atoms with Gasteiger partial charge in [0.05, 0.1) is 13.7 Å². The Morgan fingerprint density at radius 3 is 3.06 bits per heavy atom. The number of para-hydroxylation sites is 1. The molecule has 0 unspecified atom stereocenters. The SMILES string of the molecule is CCOC(=O)[C@H]1CCc2cccc(OC)c2O1. The van der Waals surface area contributed by atoms with Crippen molar-refractivity contribution < 1.29 is 19.0 Å². The Labute approximate surface area is 100 Å². The van der Waals surface area contributed by atoms with Crippen LogP contribution in [-0.4, -0.2) is 25.8 Å². The van der Waals surface area contributed by atoms with E-state index in [1.807, 2.05) is 18.2 Å². The normalized spacial score (nSPS) is 17.9. The topological polar surface area (TPSA) is 44.8 Å². The van der Waals surface area contributed by atoms with Crippen molar-refractivity contribution in [3.05, 3.63) is 23.8 Å². The molecule has 1 atom stereocenters. The maximum Gasteiger partial charge on any atom is 0.347 e. The number of methoxy groups -OCH3 is 1. The van der Waals surface area contributed by atoms with Crippen LogP contribution in [0.2, 0.25) is 0 Å². The van der Waals surface area contributed by atoms with Crippen LogP contribution in [0.3, 0.4) is 0 Å². The maximum atomic E-state index is 11.6. The zero-order chi connectivity index (χ0) is 12.3. The van der Waals surface area contributed by atoms with Crippen molar-refractivity contribution >= 4 is 5.97 Å². The van der Waals surface area contributed by atoms with Gasteiger partial charge in [0, 0.05) is 0 Å². The molecule has 0 saturated heterocycles. The standard InChI is InChI=1S/C13H16O4/c1-3-16-13(14)11-8-7-9-5-4-6-10(15-2)12(9)17-11/h4-6,11H,3,7-8H2,1-2H3/t11-/m1/s1. The number of hydrogen-bond acceptors (Lipinski definition) is 4. The van der Waals surface area contributed by atoms with Crippen LogP contribution in [0.25, 0.3) is 0 Å². The zero-order valence-corrected chi connectivity index (χ0v) is 10.1. The van der Waals surface area contributed by atoms with Crippen LogP contribution in [0.15, 0.2) is 18.2 Å². The number of fused-ring (bicyclic) bond motifs is 1. The summed E-state index contributed by atoms with van der Waals surface area (Å²) in [6.07, 6.45) is 0.938. The fourth-order valence-electron chi connectivity index (χ4n) is 1.94. The second kappa shape index (κ2) is 5.08. The lowest BCUT2D eigenvalue weighted by Crippen LogP contribution is -2.33. The summed E-state index contributed by atoms with van der Waals surface area (Å²) < 4.78 is 15.9. The molecule has 0 radical (unpaired) electrons. The number of esters is 1. The molecule has 1 aliphatic rings. The van der Waals surface area contributed by atoms with Crippen molar-refractivity contribution in [1.82, 2.24) is 0 Å². The largest absolute Gasteiger partial charge is 0.493 e. The summed E-state index contributed by atoms with van der Waals surface area (Å²) in [6, 6.07) is 5.73. The van der Waals surface area contributed by atoms with Gasteiger partial charge in [-0.1, -0.05) is 12.1 Å². The summed E-state index contributed by atoms with van der Waals surface area (Å²) in [5.41, 5.74) is 1.07. The monoisotopic (exact) mass is 236 g/mol. The predicted octanol–water partition coefficient (Wildman–Crippen LogP) is 1.95. The molecule has 1 aliphatic heterocycles. The number of hydrogen-bond donors (Lipinski definition) is 0. The van der Waals surface area contributed by atoms with Gasteiger partial charge in [0.25, 0.3) is 0 Å². The van der Waals surface area contributed by atoms with Crippen LogP contribution in [0.1, 0.15) is 18.9 Å². The minimum atomic E-state index is -0.515. The van der Waals surface area contributed by atoms with Crippen LogP contribution < -0.4 is 9.47 Å². The van der Waals surface area contributed by atoms with Crippen LogP contribution in [0, 0.1) is 0 Å². The highest BCUT2D eigenvalue weighted by molar-refractivity contribution is 5.76. The lowest BCUT2D eigenvalue weighted by Gasteiger charge is -2.25. The Morgan fingerprint density at radius 2 is 2.35 bits per heavy atom. The third-order valence-electron chi connectivity index (χ3n) is 2.77. The fourth-order valence-corrected chi connectivity index (χ4v) is 1.94. The van der Waals surface area contributed by atoms with Gasteiger partial charge in [0.1, 0.15) is 0 Å². The molecule has 4 nitrogen and oxygen atoms in total. The molecule has 0 amide bonds. The first-order valence-electron chi connectivity index (χ1n) is 5.75. The summed E-state index contributed by atoms with van der Waals surface area (Å²) in [5, 5.41) is 0. The molecule has 2 rings (SSSR count). The average molecular weight is 236 g/mol. The molecule has 17 heavy (non-hydrogen) atoms. The van der Waals surface area contributed by atoms with Gasteiger partial charge < -0.3 is 14.2 Å². The van der Waals surface area contributed by atoms with E-state index < -0.39 is 6.10 Å². The van der Waals surface area contributed by atoms with Crippen molar-refractivity contribution in [3.8, 4) is 11.5 Å². The van der Waals surface area contributed by atoms with Crippen LogP contribution in [0.5, 0.6) is 11.5 Å². The van der Waals surface area contributed by atoms with Crippen molar-refractivity contribution in [3.63, 3.8) is 0 Å². The van der Waals surface area contributed by atoms with Gasteiger partial charge in [-0.3, -0.25) is 0 Å². The van der Waals surface area contributed by atoms with E-state index in [-0.39, 0.29) is 5.97 Å². The Kier molecular flexibility index (Phi) is 3.52. The Hall–Kier alpha value is -1.71. The first-order chi connectivity index (χ1) is 8.26. The number of aryl methyl sites for hydroxylation is 1. The molecule has 92 valence electrons. The molecule has 0 bridgehead atoms. The van der Waals surface area contributed by atoms with Crippen LogP contribution >= 0.6 is 0 Å². The first kappa shape index (κ1) is 11.8. The molecule has 1 aromatic rings. The number of ether oxygens (including phenoxy) is 3. The number of carbonyl (C=O) groups is 1. The number of carbonyl (C=O) groups excluding carboxylic acids is 1. The third-order valence-corrected chi connectivity index (χ3v) is 2.77. The first-order valence-corrected chi connectivity index (χ1v) is 5.75. The number of rotatable bonds is 3. The van der Waals surface area contributed by atoms with Gasteiger partial charge in [-0.2, -0.15) is 0 Å². The number of benzene rings is 1. The second-order valence-electron chi connectivity index (χ2n) is 3.85. The van der Waals surface area contributed by atoms with Gasteiger partial charge in [-0.15, -0.1) is 0 Å². The molecule has 1 aromatic carbocycles. The van der Waals surface area contributed by atoms with E-state index in [9.17, 15) is 4.79 Å². The van der Waals surface area contributed by atoms with E-state index >= 15 is 0 Å². The van der Waals surface area contributed by atoms with E-state index in [1.165, 1.54) is 0 Å². The Balaban J connectivity index is 2.19. The summed E-state index contributed by atoms with van der Waals surface area (Å²) in [6.45, 7) is 2.16. The van der Waals surface area contributed by atoms with Crippen molar-refractivity contribution in [2.24, 2.45) is 0 Å². The van der Waals surface area contributed by atoms with E-state index in [0.29, 0.717) is 24.5 Å². The van der Waals surface area contributed by atoms with Crippen molar-refractivity contribution in [2.45, 2.75) is 25.9 Å². The van der Waals surface area contributed by atoms with E-state index in [0.717, 1.165) is 12.0 Å². The van der Waals surface area contributed by atoms with Crippen LogP contribution in [0.4, 0.5) is 0 Å². The quantitative estimate of drug-likeness (QED) is 0.752. The summed E-state index contributed by atoms with van der Waals surface area (Å²) >= 11 is 0. The Morgan fingerprint density at radius 1 is 1.53 bits per heavy atom. The molecule has 0 saturated carbocycles. The minimum absolute atomic E-state index is 0.302. The molecule has 0 aliphatic carbocycles. The lowest BCUT2D eigenvalue weighted by atomic mass is 10.0. The maximum absolute atomic E-state index is 11.6.